The zero-order valence-electron chi connectivity index (χ0n) is 20.5. The van der Waals surface area contributed by atoms with Gasteiger partial charge in [-0.25, -0.2) is 18.0 Å². The monoisotopic (exact) mass is 511 g/mol. The first-order chi connectivity index (χ1) is 17.9. The predicted molar refractivity (Wildman–Crippen MR) is 134 cm³/mol. The number of amides is 1. The van der Waals surface area contributed by atoms with Crippen LogP contribution in [-0.2, 0) is 11.3 Å². The quantitative estimate of drug-likeness (QED) is 0.278. The second-order valence-corrected chi connectivity index (χ2v) is 9.90. The maximum Gasteiger partial charge on any atom is 0.415 e. The Morgan fingerprint density at radius 2 is 1.54 bits per heavy atom. The molecule has 0 unspecified atom stereocenters. The number of rotatable bonds is 8. The molecule has 3 aromatic rings. The number of carbonyl (C=O) groups is 1. The van der Waals surface area contributed by atoms with Gasteiger partial charge in [-0.3, -0.25) is 4.90 Å². The van der Waals surface area contributed by atoms with E-state index in [-0.39, 0.29) is 24.1 Å². The lowest BCUT2D eigenvalue weighted by Crippen LogP contribution is -2.65. The van der Waals surface area contributed by atoms with Gasteiger partial charge in [-0.15, -0.1) is 0 Å². The van der Waals surface area contributed by atoms with Crippen molar-refractivity contribution in [3.05, 3.63) is 95.8 Å². The molecule has 3 saturated heterocycles. The van der Waals surface area contributed by atoms with E-state index in [0.717, 1.165) is 48.8 Å². The molecule has 0 saturated carbocycles. The third-order valence-electron chi connectivity index (χ3n) is 7.58. The van der Waals surface area contributed by atoms with Crippen LogP contribution in [0, 0.1) is 23.4 Å². The first-order valence-corrected chi connectivity index (χ1v) is 12.6. The van der Waals surface area contributed by atoms with Gasteiger partial charge in [0.25, 0.3) is 0 Å². The molecular formula is C29H30F3N2O3+. The molecule has 3 fully saturated rings. The number of ether oxygens (including phenoxy) is 2. The van der Waals surface area contributed by atoms with Gasteiger partial charge in [0.05, 0.1) is 19.6 Å². The lowest BCUT2D eigenvalue weighted by molar-refractivity contribution is -0.946. The zero-order valence-corrected chi connectivity index (χ0v) is 20.5. The van der Waals surface area contributed by atoms with Crippen molar-refractivity contribution in [3.63, 3.8) is 0 Å². The molecule has 2 bridgehead atoms. The molecule has 3 aliphatic rings. The number of hydrogen-bond acceptors (Lipinski definition) is 3. The van der Waals surface area contributed by atoms with E-state index in [2.05, 4.69) is 0 Å². The Morgan fingerprint density at radius 1 is 0.892 bits per heavy atom. The van der Waals surface area contributed by atoms with E-state index in [0.29, 0.717) is 24.9 Å². The average molecular weight is 512 g/mol. The smallest absolute Gasteiger partial charge is 0.415 e. The average Bonchev–Trinajstić information content (AvgIpc) is 2.91. The predicted octanol–water partition coefficient (Wildman–Crippen LogP) is 5.94. The Balaban J connectivity index is 1.29. The minimum Gasteiger partial charge on any atom is -0.488 e. The number of quaternary nitrogens is 1. The van der Waals surface area contributed by atoms with Crippen LogP contribution < -0.4 is 9.64 Å². The van der Waals surface area contributed by atoms with Crippen LogP contribution in [0.5, 0.6) is 5.75 Å². The van der Waals surface area contributed by atoms with Gasteiger partial charge in [0.15, 0.2) is 17.7 Å². The standard InChI is InChI=1S/C29H30F3N2O3/c30-25-18-27(32)26(31)17-22(25)19-33(23-7-3-1-4-8-23)29(35)37-28-20-34(13-11-21(28)12-14-34)15-16-36-24-9-5-2-6-10-24/h1-10,17-18,21,28H,11-16,19-20H2/q+1/t21?,28-,34?/m0/s1. The number of halogens is 3. The molecule has 194 valence electrons. The number of piperidine rings is 3. The third-order valence-corrected chi connectivity index (χ3v) is 7.58. The van der Waals surface area contributed by atoms with Crippen molar-refractivity contribution in [2.24, 2.45) is 5.92 Å². The molecule has 0 radical (unpaired) electrons. The molecule has 3 heterocycles. The molecule has 1 amide bonds. The number of fused-ring (bicyclic) bond motifs is 3. The molecule has 5 nitrogen and oxygen atoms in total. The number of para-hydroxylation sites is 2. The minimum atomic E-state index is -1.27. The van der Waals surface area contributed by atoms with Gasteiger partial charge in [-0.2, -0.15) is 0 Å². The first-order valence-electron chi connectivity index (χ1n) is 12.6. The van der Waals surface area contributed by atoms with Crippen molar-refractivity contribution < 1.29 is 31.9 Å². The van der Waals surface area contributed by atoms with Crippen molar-refractivity contribution in [2.75, 3.05) is 37.7 Å². The Kier molecular flexibility index (Phi) is 7.37. The summed E-state index contributed by atoms with van der Waals surface area (Å²) in [5, 5.41) is 0. The summed E-state index contributed by atoms with van der Waals surface area (Å²) >= 11 is 0. The van der Waals surface area contributed by atoms with E-state index in [1.165, 1.54) is 4.90 Å². The maximum atomic E-state index is 14.4. The van der Waals surface area contributed by atoms with Gasteiger partial charge < -0.3 is 14.0 Å². The fourth-order valence-corrected chi connectivity index (χ4v) is 5.46. The summed E-state index contributed by atoms with van der Waals surface area (Å²) in [4.78, 5) is 14.7. The van der Waals surface area contributed by atoms with E-state index in [1.807, 2.05) is 30.3 Å². The van der Waals surface area contributed by atoms with Crippen LogP contribution in [0.25, 0.3) is 0 Å². The number of hydrogen-bond donors (Lipinski definition) is 0. The van der Waals surface area contributed by atoms with Crippen LogP contribution in [0.3, 0.4) is 0 Å². The van der Waals surface area contributed by atoms with Crippen LogP contribution >= 0.6 is 0 Å². The van der Waals surface area contributed by atoms with Crippen LogP contribution in [0.15, 0.2) is 72.8 Å². The lowest BCUT2D eigenvalue weighted by atomic mass is 9.83. The fourth-order valence-electron chi connectivity index (χ4n) is 5.46. The SMILES string of the molecule is O=C(O[C@H]1C[N+]2(CCOc3ccccc3)CCC1CC2)N(Cc1cc(F)c(F)cc1F)c1ccccc1. The molecule has 0 aliphatic carbocycles. The highest BCUT2D eigenvalue weighted by molar-refractivity contribution is 5.87. The number of carbonyl (C=O) groups excluding carboxylic acids is 1. The summed E-state index contributed by atoms with van der Waals surface area (Å²) in [5.41, 5.74) is 0.355. The molecule has 0 N–H and O–H groups in total. The van der Waals surface area contributed by atoms with Gasteiger partial charge in [0.2, 0.25) is 0 Å². The molecule has 3 aromatic carbocycles. The van der Waals surface area contributed by atoms with Crippen molar-refractivity contribution in [2.45, 2.75) is 25.5 Å². The van der Waals surface area contributed by atoms with Crippen LogP contribution in [0.1, 0.15) is 18.4 Å². The Morgan fingerprint density at radius 3 is 2.24 bits per heavy atom. The van der Waals surface area contributed by atoms with Gasteiger partial charge in [0, 0.05) is 36.1 Å². The highest BCUT2D eigenvalue weighted by Gasteiger charge is 2.48. The summed E-state index contributed by atoms with van der Waals surface area (Å²) in [5.74, 6) is -2.26. The first kappa shape index (κ1) is 25.1. The van der Waals surface area contributed by atoms with E-state index >= 15 is 0 Å². The summed E-state index contributed by atoms with van der Waals surface area (Å²) in [6.45, 7) is 3.82. The van der Waals surface area contributed by atoms with Gasteiger partial charge >= 0.3 is 6.09 Å². The molecule has 8 heteroatoms. The van der Waals surface area contributed by atoms with E-state index in [4.69, 9.17) is 9.47 Å². The Hall–Kier alpha value is -3.52. The summed E-state index contributed by atoms with van der Waals surface area (Å²) in [6, 6.07) is 19.7. The second-order valence-electron chi connectivity index (χ2n) is 9.90. The van der Waals surface area contributed by atoms with E-state index < -0.39 is 23.5 Å². The molecule has 3 aliphatic heterocycles. The largest absolute Gasteiger partial charge is 0.488 e. The Labute approximate surface area is 214 Å². The van der Waals surface area contributed by atoms with E-state index in [9.17, 15) is 18.0 Å². The fraction of sp³-hybridized carbons (Fsp3) is 0.345. The zero-order chi connectivity index (χ0) is 25.8. The second kappa shape index (κ2) is 10.8. The van der Waals surface area contributed by atoms with Gasteiger partial charge in [-0.1, -0.05) is 36.4 Å². The van der Waals surface area contributed by atoms with Crippen LogP contribution in [-0.4, -0.2) is 49.5 Å². The number of benzene rings is 3. The van der Waals surface area contributed by atoms with Crippen LogP contribution in [0.2, 0.25) is 0 Å². The molecule has 0 spiro atoms. The van der Waals surface area contributed by atoms with Gasteiger partial charge in [0.1, 0.15) is 31.3 Å². The molecular weight excluding hydrogens is 481 g/mol. The van der Waals surface area contributed by atoms with Gasteiger partial charge in [-0.05, 0) is 30.3 Å². The summed E-state index contributed by atoms with van der Waals surface area (Å²) in [7, 11) is 0. The highest BCUT2D eigenvalue weighted by Crippen LogP contribution is 2.36. The van der Waals surface area contributed by atoms with Crippen molar-refractivity contribution in [1.82, 2.24) is 0 Å². The summed E-state index contributed by atoms with van der Waals surface area (Å²) in [6.07, 6.45) is 0.985. The maximum absolute atomic E-state index is 14.4. The number of anilines is 1. The van der Waals surface area contributed by atoms with Crippen molar-refractivity contribution >= 4 is 11.8 Å². The third kappa shape index (κ3) is 5.74. The minimum absolute atomic E-state index is 0.129. The normalized spacial score (nSPS) is 22.5. The van der Waals surface area contributed by atoms with Crippen molar-refractivity contribution in [1.29, 1.82) is 0 Å². The molecule has 37 heavy (non-hydrogen) atoms. The Bertz CT molecular complexity index is 1220. The lowest BCUT2D eigenvalue weighted by Gasteiger charge is -2.52. The van der Waals surface area contributed by atoms with E-state index in [1.54, 1.807) is 30.3 Å². The molecule has 1 atom stereocenters. The summed E-state index contributed by atoms with van der Waals surface area (Å²) < 4.78 is 54.6. The molecule has 0 aromatic heterocycles. The molecule has 6 rings (SSSR count). The topological polar surface area (TPSA) is 38.8 Å². The van der Waals surface area contributed by atoms with Crippen molar-refractivity contribution in [3.8, 4) is 5.75 Å². The number of nitrogens with zero attached hydrogens (tertiary/aromatic N) is 2. The highest BCUT2D eigenvalue weighted by atomic mass is 19.2. The van der Waals surface area contributed by atoms with Crippen LogP contribution in [0.4, 0.5) is 23.7 Å².